The Morgan fingerprint density at radius 2 is 0.881 bits per heavy atom. The lowest BCUT2D eigenvalue weighted by Crippen LogP contribution is -2.25. The number of halogens is 1. The average molecular weight is 537 g/mol. The fourth-order valence-electron chi connectivity index (χ4n) is 7.79. The van der Waals surface area contributed by atoms with Crippen molar-refractivity contribution in [3.63, 3.8) is 0 Å². The Hall–Kier alpha value is -5.27. The molecule has 7 aromatic rings. The van der Waals surface area contributed by atoms with Crippen molar-refractivity contribution in [1.29, 1.82) is 0 Å². The molecule has 0 bridgehead atoms. The third kappa shape index (κ3) is 2.95. The highest BCUT2D eigenvalue weighted by Gasteiger charge is 2.51. The van der Waals surface area contributed by atoms with Gasteiger partial charge in [-0.2, -0.15) is 0 Å². The van der Waals surface area contributed by atoms with E-state index in [4.69, 9.17) is 0 Å². The number of benzene rings is 7. The molecule has 1 spiro atoms. The fraction of sp³-hybridized carbons (Fsp3) is 0.0244. The molecule has 0 unspecified atom stereocenters. The minimum absolute atomic E-state index is 0.226. The van der Waals surface area contributed by atoms with Gasteiger partial charge in [-0.1, -0.05) is 140 Å². The largest absolute Gasteiger partial charge is 0.207 e. The molecule has 7 aromatic carbocycles. The summed E-state index contributed by atoms with van der Waals surface area (Å²) in [6, 6.07) is 53.5. The number of hydrogen-bond donors (Lipinski definition) is 0. The van der Waals surface area contributed by atoms with Crippen molar-refractivity contribution in [1.82, 2.24) is 0 Å². The van der Waals surface area contributed by atoms with Crippen molar-refractivity contribution >= 4 is 10.8 Å². The summed E-state index contributed by atoms with van der Waals surface area (Å²) < 4.78 is 14.1. The molecule has 2 aliphatic carbocycles. The van der Waals surface area contributed by atoms with Gasteiger partial charge in [-0.3, -0.25) is 0 Å². The first-order valence-corrected chi connectivity index (χ1v) is 14.5. The van der Waals surface area contributed by atoms with E-state index < -0.39 is 0 Å². The molecular weight excluding hydrogens is 511 g/mol. The summed E-state index contributed by atoms with van der Waals surface area (Å²) in [7, 11) is 0. The summed E-state index contributed by atoms with van der Waals surface area (Å²) in [5, 5.41) is 2.33. The molecule has 0 atom stereocenters. The van der Waals surface area contributed by atoms with Crippen LogP contribution in [0.15, 0.2) is 152 Å². The summed E-state index contributed by atoms with van der Waals surface area (Å²) >= 11 is 0. The minimum atomic E-state index is -0.387. The second-order valence-electron chi connectivity index (χ2n) is 11.3. The third-order valence-electron chi connectivity index (χ3n) is 9.37. The fourth-order valence-corrected chi connectivity index (χ4v) is 7.79. The standard InChI is InChI=1S/C41H25F/c42-28-23-20-27(21-24-28)39-29-11-2-1-10-26(29)22-25-33(39)32-15-9-19-38-40(32)34-14-5-8-18-37(34)41(38)35-16-6-3-12-30(35)31-13-4-7-17-36(31)41/h1-25H. The quantitative estimate of drug-likeness (QED) is 0.206. The zero-order chi connectivity index (χ0) is 27.8. The van der Waals surface area contributed by atoms with E-state index in [-0.39, 0.29) is 11.2 Å². The van der Waals surface area contributed by atoms with Crippen LogP contribution in [0, 0.1) is 5.82 Å². The number of hydrogen-bond acceptors (Lipinski definition) is 0. The van der Waals surface area contributed by atoms with E-state index in [2.05, 4.69) is 127 Å². The molecule has 2 aliphatic rings. The van der Waals surface area contributed by atoms with Crippen LogP contribution in [0.5, 0.6) is 0 Å². The molecule has 1 heteroatoms. The molecule has 0 heterocycles. The molecule has 0 aromatic heterocycles. The van der Waals surface area contributed by atoms with E-state index in [0.717, 1.165) is 22.1 Å². The third-order valence-corrected chi connectivity index (χ3v) is 9.37. The van der Waals surface area contributed by atoms with E-state index in [0.29, 0.717) is 0 Å². The van der Waals surface area contributed by atoms with Crippen LogP contribution in [-0.4, -0.2) is 0 Å². The summed E-state index contributed by atoms with van der Waals surface area (Å²) in [6.07, 6.45) is 0. The molecule has 0 radical (unpaired) electrons. The Bertz CT molecular complexity index is 2160. The molecule has 0 N–H and O–H groups in total. The van der Waals surface area contributed by atoms with Crippen molar-refractivity contribution in [2.45, 2.75) is 5.41 Å². The predicted octanol–water partition coefficient (Wildman–Crippen LogP) is 10.7. The summed E-state index contributed by atoms with van der Waals surface area (Å²) in [4.78, 5) is 0. The first kappa shape index (κ1) is 23.4. The van der Waals surface area contributed by atoms with Crippen molar-refractivity contribution < 1.29 is 4.39 Å². The highest BCUT2D eigenvalue weighted by atomic mass is 19.1. The molecule has 0 saturated carbocycles. The van der Waals surface area contributed by atoms with Crippen LogP contribution in [0.3, 0.4) is 0 Å². The van der Waals surface area contributed by atoms with Crippen molar-refractivity contribution in [3.8, 4) is 44.5 Å². The van der Waals surface area contributed by atoms with Crippen LogP contribution in [0.4, 0.5) is 4.39 Å². The number of fused-ring (bicyclic) bond motifs is 11. The van der Waals surface area contributed by atoms with E-state index in [1.54, 1.807) is 12.1 Å². The summed E-state index contributed by atoms with van der Waals surface area (Å²) in [6.45, 7) is 0. The molecule has 0 aliphatic heterocycles. The normalized spacial score (nSPS) is 13.5. The predicted molar refractivity (Wildman–Crippen MR) is 171 cm³/mol. The number of rotatable bonds is 2. The Morgan fingerprint density at radius 1 is 0.357 bits per heavy atom. The second kappa shape index (κ2) is 8.61. The monoisotopic (exact) mass is 536 g/mol. The highest BCUT2D eigenvalue weighted by Crippen LogP contribution is 2.64. The molecular formula is C41H25F. The topological polar surface area (TPSA) is 0 Å². The Labute approximate surface area is 244 Å². The minimum Gasteiger partial charge on any atom is -0.207 e. The highest BCUT2D eigenvalue weighted by molar-refractivity contribution is 6.08. The van der Waals surface area contributed by atoms with E-state index in [9.17, 15) is 4.39 Å². The van der Waals surface area contributed by atoms with Crippen molar-refractivity contribution in [3.05, 3.63) is 180 Å². The molecule has 0 amide bonds. The van der Waals surface area contributed by atoms with Gasteiger partial charge in [0, 0.05) is 0 Å². The van der Waals surface area contributed by atoms with Crippen molar-refractivity contribution in [2.24, 2.45) is 0 Å². The summed E-state index contributed by atoms with van der Waals surface area (Å²) in [5.41, 5.74) is 14.6. The van der Waals surface area contributed by atoms with E-state index in [1.807, 2.05) is 12.1 Å². The van der Waals surface area contributed by atoms with E-state index >= 15 is 0 Å². The van der Waals surface area contributed by atoms with Crippen LogP contribution in [0.2, 0.25) is 0 Å². The van der Waals surface area contributed by atoms with Crippen LogP contribution in [-0.2, 0) is 5.41 Å². The van der Waals surface area contributed by atoms with Crippen LogP contribution in [0.25, 0.3) is 55.3 Å². The first-order chi connectivity index (χ1) is 20.8. The average Bonchev–Trinajstić information content (AvgIpc) is 3.52. The molecule has 9 rings (SSSR count). The SMILES string of the molecule is Fc1ccc(-c2c(-c3cccc4c3-c3ccccc3C43c4ccccc4-c4ccccc43)ccc3ccccc23)cc1. The van der Waals surface area contributed by atoms with Crippen LogP contribution in [0.1, 0.15) is 22.3 Å². The maximum atomic E-state index is 14.1. The zero-order valence-corrected chi connectivity index (χ0v) is 22.8. The molecule has 0 saturated heterocycles. The Morgan fingerprint density at radius 3 is 1.60 bits per heavy atom. The van der Waals surface area contributed by atoms with Gasteiger partial charge in [-0.15, -0.1) is 0 Å². The lowest BCUT2D eigenvalue weighted by Gasteiger charge is -2.30. The Balaban J connectivity index is 1.42. The summed E-state index contributed by atoms with van der Waals surface area (Å²) in [5.74, 6) is -0.226. The first-order valence-electron chi connectivity index (χ1n) is 14.5. The van der Waals surface area contributed by atoms with Gasteiger partial charge in [0.2, 0.25) is 0 Å². The van der Waals surface area contributed by atoms with Crippen molar-refractivity contribution in [2.75, 3.05) is 0 Å². The van der Waals surface area contributed by atoms with Gasteiger partial charge in [-0.25, -0.2) is 4.39 Å². The van der Waals surface area contributed by atoms with Gasteiger partial charge >= 0.3 is 0 Å². The van der Waals surface area contributed by atoms with Gasteiger partial charge in [0.1, 0.15) is 5.82 Å². The van der Waals surface area contributed by atoms with E-state index in [1.165, 1.54) is 55.5 Å². The van der Waals surface area contributed by atoms with Gasteiger partial charge in [-0.05, 0) is 89.7 Å². The molecule has 0 nitrogen and oxygen atoms in total. The lowest BCUT2D eigenvalue weighted by atomic mass is 9.70. The van der Waals surface area contributed by atoms with Crippen LogP contribution >= 0.6 is 0 Å². The van der Waals surface area contributed by atoms with Gasteiger partial charge in [0.05, 0.1) is 5.41 Å². The maximum absolute atomic E-state index is 14.1. The smallest absolute Gasteiger partial charge is 0.123 e. The molecule has 196 valence electrons. The maximum Gasteiger partial charge on any atom is 0.123 e. The molecule has 42 heavy (non-hydrogen) atoms. The van der Waals surface area contributed by atoms with Gasteiger partial charge in [0.15, 0.2) is 0 Å². The lowest BCUT2D eigenvalue weighted by molar-refractivity contribution is 0.628. The van der Waals surface area contributed by atoms with Crippen LogP contribution < -0.4 is 0 Å². The zero-order valence-electron chi connectivity index (χ0n) is 22.8. The van der Waals surface area contributed by atoms with Gasteiger partial charge in [0.25, 0.3) is 0 Å². The second-order valence-corrected chi connectivity index (χ2v) is 11.3. The Kier molecular flexibility index (Phi) is 4.81. The van der Waals surface area contributed by atoms with Gasteiger partial charge < -0.3 is 0 Å². The molecule has 0 fully saturated rings.